The number of aryl methyl sites for hydroxylation is 2. The fourth-order valence-electron chi connectivity index (χ4n) is 1.94. The third-order valence-electron chi connectivity index (χ3n) is 3.25. The second kappa shape index (κ2) is 6.49. The van der Waals surface area contributed by atoms with Crippen LogP contribution in [0.2, 0.25) is 0 Å². The predicted molar refractivity (Wildman–Crippen MR) is 86.8 cm³/mol. The molecule has 0 spiro atoms. The molecular formula is C17H17N4+. The van der Waals surface area contributed by atoms with Gasteiger partial charge in [-0.05, 0) is 25.5 Å². The van der Waals surface area contributed by atoms with Gasteiger partial charge in [-0.15, -0.1) is 0 Å². The van der Waals surface area contributed by atoms with Gasteiger partial charge in [0.15, 0.2) is 4.98 Å². The Balaban J connectivity index is 0.000000161. The summed E-state index contributed by atoms with van der Waals surface area (Å²) in [5.74, 6) is 0. The number of pyridine rings is 1. The second-order valence-corrected chi connectivity index (χ2v) is 4.76. The number of rotatable bonds is 0. The second-order valence-electron chi connectivity index (χ2n) is 4.76. The number of diazo groups is 1. The highest BCUT2D eigenvalue weighted by atomic mass is 14.8. The summed E-state index contributed by atoms with van der Waals surface area (Å²) in [7, 11) is 0. The summed E-state index contributed by atoms with van der Waals surface area (Å²) in [5, 5.41) is 9.44. The molecular weight excluding hydrogens is 260 g/mol. The van der Waals surface area contributed by atoms with Crippen LogP contribution in [-0.4, -0.2) is 4.98 Å². The molecule has 4 heteroatoms. The van der Waals surface area contributed by atoms with Gasteiger partial charge in [-0.25, -0.2) is 0 Å². The van der Waals surface area contributed by atoms with Crippen molar-refractivity contribution in [3.05, 3.63) is 70.8 Å². The lowest BCUT2D eigenvalue weighted by molar-refractivity contribution is 1.39. The first-order valence-corrected chi connectivity index (χ1v) is 6.64. The van der Waals surface area contributed by atoms with Crippen LogP contribution in [0.3, 0.4) is 0 Å². The average molecular weight is 277 g/mol. The van der Waals surface area contributed by atoms with E-state index in [9.17, 15) is 0 Å². The first-order valence-electron chi connectivity index (χ1n) is 6.64. The Bertz CT molecular complexity index is 803. The van der Waals surface area contributed by atoms with Crippen molar-refractivity contribution >= 4 is 22.3 Å². The molecule has 0 saturated heterocycles. The normalized spacial score (nSPS) is 9.57. The summed E-state index contributed by atoms with van der Waals surface area (Å²) < 4.78 is 0. The Labute approximate surface area is 123 Å². The summed E-state index contributed by atoms with van der Waals surface area (Å²) in [4.78, 5) is 7.29. The van der Waals surface area contributed by atoms with Crippen molar-refractivity contribution in [3.8, 4) is 0 Å². The van der Waals surface area contributed by atoms with Crippen molar-refractivity contribution in [2.24, 2.45) is 0 Å². The first-order chi connectivity index (χ1) is 10.1. The van der Waals surface area contributed by atoms with E-state index >= 15 is 0 Å². The summed E-state index contributed by atoms with van der Waals surface area (Å²) in [6.07, 6.45) is 1.76. The van der Waals surface area contributed by atoms with Gasteiger partial charge in [0.05, 0.1) is 11.2 Å². The van der Waals surface area contributed by atoms with Gasteiger partial charge in [-0.2, -0.15) is 0 Å². The Kier molecular flexibility index (Phi) is 4.47. The molecule has 0 aliphatic heterocycles. The predicted octanol–water partition coefficient (Wildman–Crippen LogP) is 4.61. The van der Waals surface area contributed by atoms with Crippen molar-refractivity contribution in [3.63, 3.8) is 0 Å². The fourth-order valence-corrected chi connectivity index (χ4v) is 1.94. The van der Waals surface area contributed by atoms with Crippen LogP contribution < -0.4 is 5.73 Å². The van der Waals surface area contributed by atoms with Crippen molar-refractivity contribution in [2.45, 2.75) is 13.8 Å². The van der Waals surface area contributed by atoms with E-state index in [4.69, 9.17) is 11.1 Å². The van der Waals surface area contributed by atoms with Gasteiger partial charge in [0.2, 0.25) is 5.39 Å². The third kappa shape index (κ3) is 3.34. The maximum atomic E-state index is 8.34. The number of fused-ring (bicyclic) bond motifs is 1. The lowest BCUT2D eigenvalue weighted by Crippen LogP contribution is -1.92. The van der Waals surface area contributed by atoms with Crippen LogP contribution in [0.25, 0.3) is 15.9 Å². The van der Waals surface area contributed by atoms with Gasteiger partial charge < -0.3 is 5.73 Å². The topological polar surface area (TPSA) is 67.1 Å². The van der Waals surface area contributed by atoms with Crippen molar-refractivity contribution in [1.82, 2.24) is 4.98 Å². The van der Waals surface area contributed by atoms with E-state index < -0.39 is 0 Å². The van der Waals surface area contributed by atoms with E-state index in [1.807, 2.05) is 56.3 Å². The molecule has 0 aliphatic carbocycles. The van der Waals surface area contributed by atoms with Gasteiger partial charge >= 0.3 is 5.69 Å². The minimum atomic E-state index is 0.637. The molecule has 3 aromatic rings. The minimum absolute atomic E-state index is 0.637. The zero-order valence-corrected chi connectivity index (χ0v) is 12.1. The number of aromatic nitrogens is 1. The highest BCUT2D eigenvalue weighted by molar-refractivity contribution is 5.90. The van der Waals surface area contributed by atoms with Crippen molar-refractivity contribution in [2.75, 3.05) is 5.73 Å². The van der Waals surface area contributed by atoms with Crippen molar-refractivity contribution < 1.29 is 0 Å². The van der Waals surface area contributed by atoms with E-state index in [1.165, 1.54) is 0 Å². The molecule has 0 saturated carbocycles. The molecule has 1 heterocycles. The molecule has 0 bridgehead atoms. The molecule has 21 heavy (non-hydrogen) atoms. The number of benzene rings is 2. The smallest absolute Gasteiger partial charge is 0.387 e. The molecule has 2 aromatic carbocycles. The Hall–Kier alpha value is -2.93. The fraction of sp³-hybridized carbons (Fsp3) is 0.118. The number of hydrogen-bond acceptors (Lipinski definition) is 3. The van der Waals surface area contributed by atoms with Crippen LogP contribution in [0.4, 0.5) is 11.4 Å². The molecule has 2 N–H and O–H groups in total. The highest BCUT2D eigenvalue weighted by Crippen LogP contribution is 2.21. The summed E-state index contributed by atoms with van der Waals surface area (Å²) in [6.45, 7) is 3.89. The molecule has 0 atom stereocenters. The highest BCUT2D eigenvalue weighted by Gasteiger charge is 2.04. The van der Waals surface area contributed by atoms with Crippen LogP contribution in [0.5, 0.6) is 0 Å². The number of anilines is 1. The van der Waals surface area contributed by atoms with E-state index in [2.05, 4.69) is 9.96 Å². The lowest BCUT2D eigenvalue weighted by Gasteiger charge is -2.02. The molecule has 104 valence electrons. The van der Waals surface area contributed by atoms with Crippen LogP contribution in [-0.2, 0) is 0 Å². The van der Waals surface area contributed by atoms with Gasteiger partial charge in [-0.3, -0.25) is 4.98 Å². The minimum Gasteiger partial charge on any atom is -0.397 e. The Morgan fingerprint density at radius 1 is 0.952 bits per heavy atom. The quantitative estimate of drug-likeness (QED) is 0.482. The average Bonchev–Trinajstić information content (AvgIpc) is 2.52. The number of nitrogen functional groups attached to an aromatic ring is 1. The van der Waals surface area contributed by atoms with E-state index in [0.29, 0.717) is 5.69 Å². The molecule has 0 fully saturated rings. The molecule has 1 aromatic heterocycles. The van der Waals surface area contributed by atoms with Gasteiger partial charge in [0.25, 0.3) is 0 Å². The third-order valence-corrected chi connectivity index (χ3v) is 3.25. The van der Waals surface area contributed by atoms with Crippen molar-refractivity contribution in [1.29, 1.82) is 5.39 Å². The molecule has 3 rings (SSSR count). The van der Waals surface area contributed by atoms with Crippen LogP contribution in [0.15, 0.2) is 54.7 Å². The van der Waals surface area contributed by atoms with Gasteiger partial charge in [0.1, 0.15) is 0 Å². The lowest BCUT2D eigenvalue weighted by atomic mass is 10.1. The van der Waals surface area contributed by atoms with Crippen LogP contribution in [0, 0.1) is 19.2 Å². The number of hydrogen-bond donors (Lipinski definition) is 1. The van der Waals surface area contributed by atoms with Gasteiger partial charge in [-0.1, -0.05) is 36.4 Å². The molecule has 4 nitrogen and oxygen atoms in total. The maximum Gasteiger partial charge on any atom is 0.387 e. The van der Waals surface area contributed by atoms with E-state index in [-0.39, 0.29) is 0 Å². The SMILES string of the molecule is Cc1ccc2cccnc2c1N.Cc1ccccc1[N+]#N. The Morgan fingerprint density at radius 2 is 1.71 bits per heavy atom. The van der Waals surface area contributed by atoms with Gasteiger partial charge in [0, 0.05) is 23.2 Å². The number of nitrogens with two attached hydrogens (primary N) is 1. The van der Waals surface area contributed by atoms with E-state index in [0.717, 1.165) is 27.7 Å². The molecule has 0 aliphatic rings. The summed E-state index contributed by atoms with van der Waals surface area (Å²) in [6, 6.07) is 15.4. The monoisotopic (exact) mass is 277 g/mol. The zero-order chi connectivity index (χ0) is 15.2. The largest absolute Gasteiger partial charge is 0.397 e. The Morgan fingerprint density at radius 3 is 2.38 bits per heavy atom. The number of nitrogens with zero attached hydrogens (tertiary/aromatic N) is 3. The first kappa shape index (κ1) is 14.5. The molecule has 0 radical (unpaired) electrons. The standard InChI is InChI=1S/C10H10N2.C7H7N2/c1-7-4-5-8-3-2-6-12-10(8)9(7)11;1-6-4-2-3-5-7(6)9-8/h2-6H,11H2,1H3;2-5H,1H3/q;+1. The summed E-state index contributed by atoms with van der Waals surface area (Å²) in [5.41, 5.74) is 10.2. The zero-order valence-electron chi connectivity index (χ0n) is 12.1. The van der Waals surface area contributed by atoms with Crippen LogP contribution in [0.1, 0.15) is 11.1 Å². The van der Waals surface area contributed by atoms with E-state index in [1.54, 1.807) is 12.3 Å². The summed E-state index contributed by atoms with van der Waals surface area (Å²) >= 11 is 0. The maximum absolute atomic E-state index is 8.34. The molecule has 0 unspecified atom stereocenters. The van der Waals surface area contributed by atoms with Crippen LogP contribution >= 0.6 is 0 Å². The molecule has 0 amide bonds.